The van der Waals surface area contributed by atoms with Crippen LogP contribution in [-0.4, -0.2) is 25.9 Å². The number of anilines is 1. The zero-order chi connectivity index (χ0) is 20.5. The highest BCUT2D eigenvalue weighted by Crippen LogP contribution is 2.21. The van der Waals surface area contributed by atoms with E-state index in [1.165, 1.54) is 5.56 Å². The van der Waals surface area contributed by atoms with Gasteiger partial charge in [-0.05, 0) is 62.2 Å². The van der Waals surface area contributed by atoms with Crippen LogP contribution in [0.15, 0.2) is 72.8 Å². The van der Waals surface area contributed by atoms with Crippen LogP contribution in [0.3, 0.4) is 0 Å². The number of rotatable bonds is 10. The van der Waals surface area contributed by atoms with Crippen LogP contribution in [0, 0.1) is 13.8 Å². The van der Waals surface area contributed by atoms with Crippen molar-refractivity contribution < 1.29 is 14.2 Å². The molecule has 0 aromatic heterocycles. The Labute approximate surface area is 173 Å². The van der Waals surface area contributed by atoms with Crippen LogP contribution in [-0.2, 0) is 0 Å². The Morgan fingerprint density at radius 2 is 1.52 bits per heavy atom. The molecule has 1 atom stereocenters. The fourth-order valence-electron chi connectivity index (χ4n) is 2.89. The minimum Gasteiger partial charge on any atom is -0.490 e. The Hall–Kier alpha value is -3.14. The van der Waals surface area contributed by atoms with Gasteiger partial charge in [-0.1, -0.05) is 36.4 Å². The van der Waals surface area contributed by atoms with E-state index in [1.54, 1.807) is 0 Å². The third-order valence-corrected chi connectivity index (χ3v) is 4.46. The van der Waals surface area contributed by atoms with Gasteiger partial charge in [-0.3, -0.25) is 0 Å². The molecule has 0 saturated heterocycles. The van der Waals surface area contributed by atoms with Crippen LogP contribution in [0.1, 0.15) is 18.1 Å². The molecule has 0 radical (unpaired) electrons. The largest absolute Gasteiger partial charge is 0.490 e. The molecule has 0 fully saturated rings. The molecule has 0 bridgehead atoms. The molecule has 0 amide bonds. The normalized spacial score (nSPS) is 11.6. The highest BCUT2D eigenvalue weighted by molar-refractivity contribution is 5.48. The average molecular weight is 392 g/mol. The molecule has 4 nitrogen and oxygen atoms in total. The van der Waals surface area contributed by atoms with Crippen LogP contribution in [0.2, 0.25) is 0 Å². The predicted molar refractivity (Wildman–Crippen MR) is 118 cm³/mol. The number of hydrogen-bond acceptors (Lipinski definition) is 4. The van der Waals surface area contributed by atoms with Crippen LogP contribution in [0.25, 0.3) is 0 Å². The summed E-state index contributed by atoms with van der Waals surface area (Å²) >= 11 is 0. The van der Waals surface area contributed by atoms with Gasteiger partial charge in [0, 0.05) is 11.8 Å². The number of aryl methyl sites for hydroxylation is 2. The molecule has 0 aliphatic carbocycles. The van der Waals surface area contributed by atoms with Crippen molar-refractivity contribution in [3.63, 3.8) is 0 Å². The van der Waals surface area contributed by atoms with Crippen molar-refractivity contribution in [3.05, 3.63) is 83.9 Å². The molecule has 152 valence electrons. The minimum atomic E-state index is 0.0411. The highest BCUT2D eigenvalue weighted by atomic mass is 16.5. The fourth-order valence-corrected chi connectivity index (χ4v) is 2.89. The van der Waals surface area contributed by atoms with E-state index in [0.29, 0.717) is 19.8 Å². The lowest BCUT2D eigenvalue weighted by Crippen LogP contribution is -2.23. The zero-order valence-corrected chi connectivity index (χ0v) is 17.4. The molecule has 29 heavy (non-hydrogen) atoms. The van der Waals surface area contributed by atoms with Crippen molar-refractivity contribution >= 4 is 5.69 Å². The molecule has 1 N–H and O–H groups in total. The van der Waals surface area contributed by atoms with E-state index in [4.69, 9.17) is 14.2 Å². The number of ether oxygens (including phenoxy) is 3. The zero-order valence-electron chi connectivity index (χ0n) is 17.4. The molecular formula is C25H29NO3. The van der Waals surface area contributed by atoms with Crippen molar-refractivity contribution in [3.8, 4) is 17.2 Å². The van der Waals surface area contributed by atoms with Gasteiger partial charge in [0.2, 0.25) is 0 Å². The van der Waals surface area contributed by atoms with Crippen LogP contribution < -0.4 is 19.5 Å². The summed E-state index contributed by atoms with van der Waals surface area (Å²) in [5.74, 6) is 2.61. The molecular weight excluding hydrogens is 362 g/mol. The van der Waals surface area contributed by atoms with E-state index in [-0.39, 0.29) is 6.10 Å². The van der Waals surface area contributed by atoms with Crippen molar-refractivity contribution in [1.82, 2.24) is 0 Å². The van der Waals surface area contributed by atoms with Gasteiger partial charge in [0.1, 0.15) is 36.6 Å². The highest BCUT2D eigenvalue weighted by Gasteiger charge is 2.07. The van der Waals surface area contributed by atoms with E-state index in [2.05, 4.69) is 44.3 Å². The summed E-state index contributed by atoms with van der Waals surface area (Å²) in [5.41, 5.74) is 3.35. The van der Waals surface area contributed by atoms with E-state index in [0.717, 1.165) is 28.5 Å². The third-order valence-electron chi connectivity index (χ3n) is 4.46. The maximum Gasteiger partial charge on any atom is 0.122 e. The number of nitrogens with one attached hydrogen (secondary N) is 1. The summed E-state index contributed by atoms with van der Waals surface area (Å²) in [7, 11) is 0. The molecule has 0 aliphatic heterocycles. The van der Waals surface area contributed by atoms with E-state index >= 15 is 0 Å². The predicted octanol–water partition coefficient (Wildman–Crippen LogP) is 5.64. The monoisotopic (exact) mass is 391 g/mol. The summed E-state index contributed by atoms with van der Waals surface area (Å²) in [6, 6.07) is 24.0. The summed E-state index contributed by atoms with van der Waals surface area (Å²) in [5, 5.41) is 3.42. The topological polar surface area (TPSA) is 39.7 Å². The SMILES string of the molecule is Cc1ccc(C)c(OC(C)CNc2cccc(OCCOc3ccccc3)c2)c1. The first-order chi connectivity index (χ1) is 14.1. The van der Waals surface area contributed by atoms with Gasteiger partial charge in [-0.25, -0.2) is 0 Å². The lowest BCUT2D eigenvalue weighted by atomic mass is 10.1. The molecule has 0 heterocycles. The lowest BCUT2D eigenvalue weighted by Gasteiger charge is -2.18. The Morgan fingerprint density at radius 1 is 0.793 bits per heavy atom. The second kappa shape index (κ2) is 10.4. The molecule has 0 spiro atoms. The van der Waals surface area contributed by atoms with Gasteiger partial charge in [0.05, 0.1) is 6.54 Å². The van der Waals surface area contributed by atoms with Gasteiger partial charge in [-0.2, -0.15) is 0 Å². The minimum absolute atomic E-state index is 0.0411. The second-order valence-corrected chi connectivity index (χ2v) is 7.12. The number of benzene rings is 3. The smallest absolute Gasteiger partial charge is 0.122 e. The fraction of sp³-hybridized carbons (Fsp3) is 0.280. The van der Waals surface area contributed by atoms with Gasteiger partial charge in [-0.15, -0.1) is 0 Å². The maximum atomic E-state index is 6.09. The Morgan fingerprint density at radius 3 is 2.31 bits per heavy atom. The standard InChI is InChI=1S/C25H29NO3/c1-19-12-13-20(2)25(16-19)29-21(3)18-26-22-8-7-11-24(17-22)28-15-14-27-23-9-5-4-6-10-23/h4-13,16-17,21,26H,14-15,18H2,1-3H3. The van der Waals surface area contributed by atoms with Gasteiger partial charge in [0.25, 0.3) is 0 Å². The molecule has 3 aromatic rings. The van der Waals surface area contributed by atoms with Crippen LogP contribution in [0.4, 0.5) is 5.69 Å². The van der Waals surface area contributed by atoms with Gasteiger partial charge >= 0.3 is 0 Å². The summed E-state index contributed by atoms with van der Waals surface area (Å²) in [6.45, 7) is 7.90. The molecule has 0 saturated carbocycles. The molecule has 1 unspecified atom stereocenters. The second-order valence-electron chi connectivity index (χ2n) is 7.12. The maximum absolute atomic E-state index is 6.09. The molecule has 3 rings (SSSR count). The van der Waals surface area contributed by atoms with E-state index in [9.17, 15) is 0 Å². The van der Waals surface area contributed by atoms with Crippen molar-refractivity contribution in [2.75, 3.05) is 25.1 Å². The summed E-state index contributed by atoms with van der Waals surface area (Å²) in [4.78, 5) is 0. The molecule has 4 heteroatoms. The first-order valence-corrected chi connectivity index (χ1v) is 9.98. The lowest BCUT2D eigenvalue weighted by molar-refractivity contribution is 0.217. The molecule has 3 aromatic carbocycles. The Balaban J connectivity index is 1.43. The number of para-hydroxylation sites is 1. The van der Waals surface area contributed by atoms with Crippen molar-refractivity contribution in [2.45, 2.75) is 26.9 Å². The quantitative estimate of drug-likeness (QED) is 0.454. The van der Waals surface area contributed by atoms with Crippen LogP contribution in [0.5, 0.6) is 17.2 Å². The van der Waals surface area contributed by atoms with E-state index < -0.39 is 0 Å². The molecule has 0 aliphatic rings. The first kappa shape index (κ1) is 20.6. The van der Waals surface area contributed by atoms with E-state index in [1.807, 2.05) is 54.6 Å². The Kier molecular flexibility index (Phi) is 7.40. The van der Waals surface area contributed by atoms with Gasteiger partial charge in [0.15, 0.2) is 0 Å². The van der Waals surface area contributed by atoms with Crippen LogP contribution >= 0.6 is 0 Å². The summed E-state index contributed by atoms with van der Waals surface area (Å²) < 4.78 is 17.5. The third kappa shape index (κ3) is 6.75. The number of hydrogen-bond donors (Lipinski definition) is 1. The summed E-state index contributed by atoms with van der Waals surface area (Å²) in [6.07, 6.45) is 0.0411. The van der Waals surface area contributed by atoms with Crippen molar-refractivity contribution in [2.24, 2.45) is 0 Å². The first-order valence-electron chi connectivity index (χ1n) is 9.98. The average Bonchev–Trinajstić information content (AvgIpc) is 2.73. The Bertz CT molecular complexity index is 896. The van der Waals surface area contributed by atoms with Gasteiger partial charge < -0.3 is 19.5 Å². The van der Waals surface area contributed by atoms with Crippen molar-refractivity contribution in [1.29, 1.82) is 0 Å².